The fourth-order valence-electron chi connectivity index (χ4n) is 1.38. The van der Waals surface area contributed by atoms with Gasteiger partial charge in [0.25, 0.3) is 0 Å². The lowest BCUT2D eigenvalue weighted by Crippen LogP contribution is -2.30. The van der Waals surface area contributed by atoms with Gasteiger partial charge < -0.3 is 0 Å². The fraction of sp³-hybridized carbons (Fsp3) is 0.400. The molecule has 0 spiro atoms. The number of sulfonamides is 1. The first-order valence-corrected chi connectivity index (χ1v) is 6.86. The van der Waals surface area contributed by atoms with Crippen molar-refractivity contribution in [1.29, 1.82) is 0 Å². The van der Waals surface area contributed by atoms with Crippen molar-refractivity contribution in [3.8, 4) is 0 Å². The molecule has 0 saturated carbocycles. The maximum absolute atomic E-state index is 13.4. The second kappa shape index (κ2) is 5.93. The highest BCUT2D eigenvalue weighted by Gasteiger charge is 2.31. The Morgan fingerprint density at radius 3 is 2.33 bits per heavy atom. The zero-order chi connectivity index (χ0) is 16.4. The van der Waals surface area contributed by atoms with Gasteiger partial charge in [-0.2, -0.15) is 17.6 Å². The Hall–Kier alpha value is -1.75. The normalized spacial score (nSPS) is 12.7. The molecule has 0 aromatic heterocycles. The van der Waals surface area contributed by atoms with Crippen molar-refractivity contribution >= 4 is 15.7 Å². The molecule has 0 fully saturated rings. The second-order valence-electron chi connectivity index (χ2n) is 4.06. The Bertz CT molecular complexity index is 645. The van der Waals surface area contributed by atoms with E-state index in [2.05, 4.69) is 0 Å². The first-order valence-electron chi connectivity index (χ1n) is 5.42. The summed E-state index contributed by atoms with van der Waals surface area (Å²) >= 11 is 0. The number of rotatable bonds is 5. The number of benzene rings is 1. The van der Waals surface area contributed by atoms with Gasteiger partial charge in [-0.15, -0.1) is 0 Å². The summed E-state index contributed by atoms with van der Waals surface area (Å²) in [5.74, 6) is -1.38. The van der Waals surface area contributed by atoms with Gasteiger partial charge in [-0.05, 0) is 6.07 Å². The minimum absolute atomic E-state index is 0.400. The SMILES string of the molecule is CN(CCC(F)(F)F)S(=O)(=O)c1ccc([N+](=O)[O-])c(F)c1. The lowest BCUT2D eigenvalue weighted by molar-refractivity contribution is -0.387. The van der Waals surface area contributed by atoms with Crippen LogP contribution in [0.25, 0.3) is 0 Å². The zero-order valence-electron chi connectivity index (χ0n) is 10.6. The van der Waals surface area contributed by atoms with E-state index in [4.69, 9.17) is 0 Å². The Labute approximate surface area is 117 Å². The van der Waals surface area contributed by atoms with Gasteiger partial charge in [-0.25, -0.2) is 12.7 Å². The highest BCUT2D eigenvalue weighted by atomic mass is 32.2. The van der Waals surface area contributed by atoms with Gasteiger partial charge in [-0.1, -0.05) is 0 Å². The van der Waals surface area contributed by atoms with Crippen molar-refractivity contribution in [2.75, 3.05) is 13.6 Å². The topological polar surface area (TPSA) is 80.5 Å². The number of nitro groups is 1. The van der Waals surface area contributed by atoms with Gasteiger partial charge >= 0.3 is 11.9 Å². The van der Waals surface area contributed by atoms with Gasteiger partial charge in [0.1, 0.15) is 0 Å². The molecule has 0 heterocycles. The van der Waals surface area contributed by atoms with Crippen LogP contribution in [0.4, 0.5) is 23.2 Å². The Morgan fingerprint density at radius 2 is 1.90 bits per heavy atom. The molecule has 0 aliphatic rings. The van der Waals surface area contributed by atoms with Crippen LogP contribution in [-0.4, -0.2) is 37.4 Å². The van der Waals surface area contributed by atoms with E-state index in [0.29, 0.717) is 16.4 Å². The standard InChI is InChI=1S/C10H10F4N2O4S/c1-15(5-4-10(12,13)14)21(19,20)7-2-3-9(16(17)18)8(11)6-7/h2-3,6H,4-5H2,1H3. The van der Waals surface area contributed by atoms with Crippen LogP contribution in [0.15, 0.2) is 23.1 Å². The second-order valence-corrected chi connectivity index (χ2v) is 6.11. The van der Waals surface area contributed by atoms with E-state index in [1.807, 2.05) is 0 Å². The predicted molar refractivity (Wildman–Crippen MR) is 63.5 cm³/mol. The maximum atomic E-state index is 13.4. The number of nitrogens with zero attached hydrogens (tertiary/aromatic N) is 2. The van der Waals surface area contributed by atoms with E-state index < -0.39 is 50.5 Å². The van der Waals surface area contributed by atoms with Crippen molar-refractivity contribution in [2.24, 2.45) is 0 Å². The van der Waals surface area contributed by atoms with Crippen LogP contribution >= 0.6 is 0 Å². The highest BCUT2D eigenvalue weighted by molar-refractivity contribution is 7.89. The molecule has 1 aromatic rings. The van der Waals surface area contributed by atoms with Crippen molar-refractivity contribution in [1.82, 2.24) is 4.31 Å². The third-order valence-electron chi connectivity index (χ3n) is 2.53. The molecule has 0 bridgehead atoms. The molecule has 0 N–H and O–H groups in total. The predicted octanol–water partition coefficient (Wildman–Crippen LogP) is 2.31. The molecular weight excluding hydrogens is 320 g/mol. The van der Waals surface area contributed by atoms with Crippen LogP contribution in [0.1, 0.15) is 6.42 Å². The summed E-state index contributed by atoms with van der Waals surface area (Å²) in [6, 6.07) is 1.80. The maximum Gasteiger partial charge on any atom is 0.390 e. The fourth-order valence-corrected chi connectivity index (χ4v) is 2.56. The first kappa shape index (κ1) is 17.3. The molecule has 0 amide bonds. The van der Waals surface area contributed by atoms with Crippen molar-refractivity contribution in [3.63, 3.8) is 0 Å². The van der Waals surface area contributed by atoms with E-state index in [1.54, 1.807) is 0 Å². The highest BCUT2D eigenvalue weighted by Crippen LogP contribution is 2.24. The molecule has 0 unspecified atom stereocenters. The Morgan fingerprint density at radius 1 is 1.33 bits per heavy atom. The average Bonchev–Trinajstić information content (AvgIpc) is 2.34. The molecule has 0 aliphatic carbocycles. The third kappa shape index (κ3) is 4.36. The van der Waals surface area contributed by atoms with Crippen molar-refractivity contribution in [3.05, 3.63) is 34.1 Å². The molecule has 11 heteroatoms. The minimum atomic E-state index is -4.54. The smallest absolute Gasteiger partial charge is 0.258 e. The molecule has 6 nitrogen and oxygen atoms in total. The van der Waals surface area contributed by atoms with Crippen LogP contribution in [0.2, 0.25) is 0 Å². The summed E-state index contributed by atoms with van der Waals surface area (Å²) in [5, 5.41) is 10.4. The molecular formula is C10H10F4N2O4S. The largest absolute Gasteiger partial charge is 0.390 e. The summed E-state index contributed by atoms with van der Waals surface area (Å²) < 4.78 is 73.7. The molecule has 0 aliphatic heterocycles. The summed E-state index contributed by atoms with van der Waals surface area (Å²) in [5.41, 5.74) is -0.924. The molecule has 0 atom stereocenters. The van der Waals surface area contributed by atoms with Gasteiger partial charge in [-0.3, -0.25) is 10.1 Å². The lowest BCUT2D eigenvalue weighted by atomic mass is 10.3. The molecule has 21 heavy (non-hydrogen) atoms. The molecule has 118 valence electrons. The summed E-state index contributed by atoms with van der Waals surface area (Å²) in [6.45, 7) is -0.843. The molecule has 1 aromatic carbocycles. The quantitative estimate of drug-likeness (QED) is 0.471. The number of alkyl halides is 3. The third-order valence-corrected chi connectivity index (χ3v) is 4.39. The number of hydrogen-bond donors (Lipinski definition) is 0. The van der Waals surface area contributed by atoms with E-state index in [1.165, 1.54) is 0 Å². The van der Waals surface area contributed by atoms with Crippen LogP contribution in [0.5, 0.6) is 0 Å². The number of hydrogen-bond acceptors (Lipinski definition) is 4. The van der Waals surface area contributed by atoms with Gasteiger partial charge in [0.05, 0.1) is 16.2 Å². The average molecular weight is 330 g/mol. The van der Waals surface area contributed by atoms with Gasteiger partial charge in [0, 0.05) is 25.7 Å². The van der Waals surface area contributed by atoms with Crippen LogP contribution in [0.3, 0.4) is 0 Å². The van der Waals surface area contributed by atoms with E-state index in [-0.39, 0.29) is 0 Å². The molecule has 0 saturated heterocycles. The Balaban J connectivity index is 3.03. The van der Waals surface area contributed by atoms with Crippen LogP contribution in [0, 0.1) is 15.9 Å². The van der Waals surface area contributed by atoms with Crippen LogP contribution in [-0.2, 0) is 10.0 Å². The van der Waals surface area contributed by atoms with Gasteiger partial charge in [0.2, 0.25) is 15.8 Å². The summed E-state index contributed by atoms with van der Waals surface area (Å²) in [6.07, 6.45) is -5.90. The monoisotopic (exact) mass is 330 g/mol. The van der Waals surface area contributed by atoms with E-state index in [9.17, 15) is 36.1 Å². The summed E-state index contributed by atoms with van der Waals surface area (Å²) in [4.78, 5) is 8.71. The van der Waals surface area contributed by atoms with Crippen molar-refractivity contribution < 1.29 is 30.9 Å². The summed E-state index contributed by atoms with van der Waals surface area (Å²) in [7, 11) is -3.45. The lowest BCUT2D eigenvalue weighted by Gasteiger charge is -2.18. The first-order chi connectivity index (χ1) is 9.45. The van der Waals surface area contributed by atoms with Gasteiger partial charge in [0.15, 0.2) is 0 Å². The van der Waals surface area contributed by atoms with Crippen LogP contribution < -0.4 is 0 Å². The molecule has 0 radical (unpaired) electrons. The van der Waals surface area contributed by atoms with Crippen molar-refractivity contribution in [2.45, 2.75) is 17.5 Å². The molecule has 1 rings (SSSR count). The van der Waals surface area contributed by atoms with E-state index in [0.717, 1.165) is 13.1 Å². The zero-order valence-corrected chi connectivity index (χ0v) is 11.4. The number of halogens is 4. The Kier molecular flexibility index (Phi) is 4.89. The number of nitro benzene ring substituents is 1. The minimum Gasteiger partial charge on any atom is -0.258 e. The van der Waals surface area contributed by atoms with E-state index >= 15 is 0 Å².